The van der Waals surface area contributed by atoms with Crippen LogP contribution in [0.15, 0.2) is 61.2 Å². The van der Waals surface area contributed by atoms with Crippen molar-refractivity contribution < 1.29 is 18.7 Å². The number of nitrogens with zero attached hydrogens (tertiary/aromatic N) is 2. The maximum Gasteiger partial charge on any atom is 0.304 e. The molecule has 0 bridgehead atoms. The number of halogens is 1. The molecular weight excluding hydrogens is 311 g/mol. The van der Waals surface area contributed by atoms with Gasteiger partial charge in [0.1, 0.15) is 17.9 Å². The first-order chi connectivity index (χ1) is 11.6. The Balaban J connectivity index is 2.10. The molecule has 120 valence electrons. The highest BCUT2D eigenvalue weighted by atomic mass is 19.1. The Morgan fingerprint density at radius 1 is 1.17 bits per heavy atom. The van der Waals surface area contributed by atoms with Gasteiger partial charge < -0.3 is 4.74 Å². The van der Waals surface area contributed by atoms with Crippen molar-refractivity contribution in [2.24, 2.45) is 0 Å². The predicted molar refractivity (Wildman–Crippen MR) is 85.6 cm³/mol. The van der Waals surface area contributed by atoms with E-state index in [-0.39, 0.29) is 5.56 Å². The lowest BCUT2D eigenvalue weighted by molar-refractivity contribution is 0.0765. The Kier molecular flexibility index (Phi) is 4.20. The number of ether oxygens (including phenoxy) is 1. The molecule has 1 heterocycles. The van der Waals surface area contributed by atoms with Crippen molar-refractivity contribution in [3.8, 4) is 16.9 Å². The van der Waals surface area contributed by atoms with Crippen molar-refractivity contribution in [3.63, 3.8) is 0 Å². The number of rotatable bonds is 4. The Morgan fingerprint density at radius 2 is 2.00 bits per heavy atom. The minimum atomic E-state index is -0.740. The number of hydrogen-bond acceptors (Lipinski definition) is 4. The zero-order valence-electron chi connectivity index (χ0n) is 12.8. The number of ketones is 1. The molecule has 0 unspecified atom stereocenters. The van der Waals surface area contributed by atoms with Crippen molar-refractivity contribution in [1.29, 1.82) is 0 Å². The van der Waals surface area contributed by atoms with Crippen LogP contribution >= 0.6 is 0 Å². The van der Waals surface area contributed by atoms with Crippen molar-refractivity contribution in [2.45, 2.75) is 0 Å². The standard InChI is InChI=1S/C18H13FN2O3/c1-24-14-5-6-15(17(22)18(23)21-8-7-20-11-21)16(10-14)12-3-2-4-13(19)9-12/h2-11H,1H3. The second kappa shape index (κ2) is 6.45. The van der Waals surface area contributed by atoms with Gasteiger partial charge in [0, 0.05) is 18.0 Å². The first-order valence-electron chi connectivity index (χ1n) is 7.11. The van der Waals surface area contributed by atoms with E-state index in [1.165, 1.54) is 50.1 Å². The van der Waals surface area contributed by atoms with Crippen LogP contribution < -0.4 is 4.74 Å². The smallest absolute Gasteiger partial charge is 0.304 e. The molecule has 0 saturated carbocycles. The first-order valence-corrected chi connectivity index (χ1v) is 7.11. The zero-order chi connectivity index (χ0) is 17.1. The number of benzene rings is 2. The molecule has 0 N–H and O–H groups in total. The Bertz CT molecular complexity index is 904. The molecule has 2 aromatic carbocycles. The van der Waals surface area contributed by atoms with Crippen LogP contribution in [0.2, 0.25) is 0 Å². The van der Waals surface area contributed by atoms with E-state index in [9.17, 15) is 14.0 Å². The summed E-state index contributed by atoms with van der Waals surface area (Å²) >= 11 is 0. The van der Waals surface area contributed by atoms with Crippen molar-refractivity contribution in [1.82, 2.24) is 9.55 Å². The van der Waals surface area contributed by atoms with Crippen LogP contribution in [0.3, 0.4) is 0 Å². The van der Waals surface area contributed by atoms with Gasteiger partial charge >= 0.3 is 5.91 Å². The summed E-state index contributed by atoms with van der Waals surface area (Å²) in [7, 11) is 1.49. The molecule has 3 rings (SSSR count). The lowest BCUT2D eigenvalue weighted by atomic mass is 9.96. The van der Waals surface area contributed by atoms with E-state index in [4.69, 9.17) is 4.74 Å². The van der Waals surface area contributed by atoms with Crippen LogP contribution in [0, 0.1) is 5.82 Å². The third kappa shape index (κ3) is 2.94. The number of carbonyl (C=O) groups excluding carboxylic acids is 2. The van der Waals surface area contributed by atoms with E-state index in [1.54, 1.807) is 18.2 Å². The van der Waals surface area contributed by atoms with Crippen LogP contribution in [-0.2, 0) is 0 Å². The van der Waals surface area contributed by atoms with Gasteiger partial charge in [-0.2, -0.15) is 0 Å². The number of methoxy groups -OCH3 is 1. The average molecular weight is 324 g/mol. The third-order valence-corrected chi connectivity index (χ3v) is 3.54. The highest BCUT2D eigenvalue weighted by molar-refractivity contribution is 6.44. The van der Waals surface area contributed by atoms with Gasteiger partial charge in [-0.15, -0.1) is 0 Å². The van der Waals surface area contributed by atoms with E-state index in [2.05, 4.69) is 4.98 Å². The molecule has 0 aliphatic heterocycles. The highest BCUT2D eigenvalue weighted by Crippen LogP contribution is 2.29. The number of aromatic nitrogens is 2. The van der Waals surface area contributed by atoms with E-state index in [0.29, 0.717) is 16.9 Å². The number of hydrogen-bond donors (Lipinski definition) is 0. The number of imidazole rings is 1. The molecule has 1 aromatic heterocycles. The third-order valence-electron chi connectivity index (χ3n) is 3.54. The van der Waals surface area contributed by atoms with E-state index in [1.807, 2.05) is 0 Å². The van der Waals surface area contributed by atoms with Crippen LogP contribution in [0.5, 0.6) is 5.75 Å². The van der Waals surface area contributed by atoms with Gasteiger partial charge in [0.25, 0.3) is 5.78 Å². The molecule has 0 aliphatic rings. The summed E-state index contributed by atoms with van der Waals surface area (Å²) in [6, 6.07) is 10.5. The topological polar surface area (TPSA) is 61.2 Å². The second-order valence-electron chi connectivity index (χ2n) is 5.03. The fourth-order valence-electron chi connectivity index (χ4n) is 2.35. The van der Waals surface area contributed by atoms with Gasteiger partial charge in [0.15, 0.2) is 0 Å². The maximum atomic E-state index is 13.6. The molecule has 0 radical (unpaired) electrons. The van der Waals surface area contributed by atoms with E-state index < -0.39 is 17.5 Å². The predicted octanol–water partition coefficient (Wildman–Crippen LogP) is 3.22. The van der Waals surface area contributed by atoms with Crippen LogP contribution in [0.25, 0.3) is 11.1 Å². The molecule has 0 amide bonds. The summed E-state index contributed by atoms with van der Waals surface area (Å²) in [5, 5.41) is 0. The Labute approximate surface area is 137 Å². The van der Waals surface area contributed by atoms with Crippen molar-refractivity contribution in [2.75, 3.05) is 7.11 Å². The van der Waals surface area contributed by atoms with Crippen molar-refractivity contribution in [3.05, 3.63) is 72.6 Å². The molecule has 0 fully saturated rings. The Morgan fingerprint density at radius 3 is 2.67 bits per heavy atom. The van der Waals surface area contributed by atoms with Crippen molar-refractivity contribution >= 4 is 11.7 Å². The number of Topliss-reactive ketones (excluding diaryl/α,β-unsaturated/α-hetero) is 1. The minimum Gasteiger partial charge on any atom is -0.497 e. The Hall–Kier alpha value is -3.28. The fraction of sp³-hybridized carbons (Fsp3) is 0.0556. The average Bonchev–Trinajstić information content (AvgIpc) is 3.14. The van der Waals surface area contributed by atoms with Crippen LogP contribution in [0.4, 0.5) is 4.39 Å². The minimum absolute atomic E-state index is 0.167. The molecule has 0 atom stereocenters. The summed E-state index contributed by atoms with van der Waals surface area (Å²) < 4.78 is 19.8. The van der Waals surface area contributed by atoms with Gasteiger partial charge in [-0.05, 0) is 41.5 Å². The van der Waals surface area contributed by atoms with E-state index >= 15 is 0 Å². The zero-order valence-corrected chi connectivity index (χ0v) is 12.8. The summed E-state index contributed by atoms with van der Waals surface area (Å²) in [6.45, 7) is 0. The molecule has 0 aliphatic carbocycles. The largest absolute Gasteiger partial charge is 0.497 e. The molecule has 6 heteroatoms. The fourth-order valence-corrected chi connectivity index (χ4v) is 2.35. The summed E-state index contributed by atoms with van der Waals surface area (Å²) in [6.07, 6.45) is 4.06. The molecule has 0 saturated heterocycles. The molecule has 3 aromatic rings. The van der Waals surface area contributed by atoms with Gasteiger partial charge in [-0.25, -0.2) is 9.37 Å². The van der Waals surface area contributed by atoms with Crippen LogP contribution in [-0.4, -0.2) is 28.4 Å². The molecule has 5 nitrogen and oxygen atoms in total. The van der Waals surface area contributed by atoms with Crippen LogP contribution in [0.1, 0.15) is 15.2 Å². The van der Waals surface area contributed by atoms with Gasteiger partial charge in [-0.3, -0.25) is 14.2 Å². The first kappa shape index (κ1) is 15.6. The van der Waals surface area contributed by atoms with Gasteiger partial charge in [0.05, 0.1) is 7.11 Å². The molecule has 0 spiro atoms. The second-order valence-corrected chi connectivity index (χ2v) is 5.03. The maximum absolute atomic E-state index is 13.6. The van der Waals surface area contributed by atoms with Gasteiger partial charge in [0.2, 0.25) is 0 Å². The number of carbonyl (C=O) groups is 2. The summed E-state index contributed by atoms with van der Waals surface area (Å²) in [5.41, 5.74) is 1.07. The quantitative estimate of drug-likeness (QED) is 0.546. The summed E-state index contributed by atoms with van der Waals surface area (Å²) in [5.74, 6) is -1.39. The van der Waals surface area contributed by atoms with E-state index in [0.717, 1.165) is 4.57 Å². The molecular formula is C18H13FN2O3. The van der Waals surface area contributed by atoms with Gasteiger partial charge in [-0.1, -0.05) is 12.1 Å². The lowest BCUT2D eigenvalue weighted by Crippen LogP contribution is -2.21. The lowest BCUT2D eigenvalue weighted by Gasteiger charge is -2.11. The monoisotopic (exact) mass is 324 g/mol. The highest BCUT2D eigenvalue weighted by Gasteiger charge is 2.22. The normalized spacial score (nSPS) is 10.4. The SMILES string of the molecule is COc1ccc(C(=O)C(=O)n2ccnc2)c(-c2cccc(F)c2)c1. The summed E-state index contributed by atoms with van der Waals surface area (Å²) in [4.78, 5) is 28.6. The molecule has 24 heavy (non-hydrogen) atoms.